The van der Waals surface area contributed by atoms with Gasteiger partial charge in [-0.1, -0.05) is 158 Å². The van der Waals surface area contributed by atoms with Crippen molar-refractivity contribution in [1.82, 2.24) is 9.97 Å². The lowest BCUT2D eigenvalue weighted by molar-refractivity contribution is 0.487. The third kappa shape index (κ3) is 4.55. The Morgan fingerprint density at radius 3 is 1.67 bits per heavy atom. The molecule has 3 nitrogen and oxygen atoms in total. The lowest BCUT2D eigenvalue weighted by atomic mass is 9.67. The molecule has 1 aliphatic carbocycles. The first-order valence-corrected chi connectivity index (χ1v) is 18.4. The predicted octanol–water partition coefficient (Wildman–Crippen LogP) is 12.8. The number of nitrogens with zero attached hydrogens (tertiary/aromatic N) is 2. The van der Waals surface area contributed by atoms with Crippen LogP contribution in [0.15, 0.2) is 194 Å². The van der Waals surface area contributed by atoms with Crippen LogP contribution in [0, 0.1) is 0 Å². The van der Waals surface area contributed by atoms with Crippen molar-refractivity contribution in [1.29, 1.82) is 0 Å². The monoisotopic (exact) mass is 688 g/mol. The van der Waals surface area contributed by atoms with E-state index >= 15 is 0 Å². The summed E-state index contributed by atoms with van der Waals surface area (Å²) in [6, 6.07) is 69.1. The summed E-state index contributed by atoms with van der Waals surface area (Å²) in [5.74, 6) is 2.43. The fraction of sp³-hybridized carbons (Fsp3) is 0.0196. The van der Waals surface area contributed by atoms with Gasteiger partial charge in [0.25, 0.3) is 0 Å². The van der Waals surface area contributed by atoms with Gasteiger partial charge in [-0.25, -0.2) is 9.97 Å². The molecule has 0 atom stereocenters. The Kier molecular flexibility index (Phi) is 6.77. The molecule has 9 aromatic rings. The maximum atomic E-state index is 6.45. The Labute approximate surface area is 313 Å². The van der Waals surface area contributed by atoms with Crippen molar-refractivity contribution in [3.8, 4) is 67.7 Å². The highest BCUT2D eigenvalue weighted by molar-refractivity contribution is 6.04. The molecule has 11 rings (SSSR count). The molecule has 1 aliphatic heterocycles. The SMILES string of the molecule is c1ccc(-c2nc(-c3ccc4c(c3)-c3cccc5cccc(c35)O4)cc(-c3ccc4c(c3)-c3ccccc3C4(c3ccccc3)c3ccccc3)n2)cc1. The maximum absolute atomic E-state index is 6.45. The normalized spacial score (nSPS) is 13.1. The highest BCUT2D eigenvalue weighted by atomic mass is 16.5. The molecule has 0 saturated heterocycles. The van der Waals surface area contributed by atoms with E-state index in [2.05, 4.69) is 170 Å². The molecule has 0 saturated carbocycles. The summed E-state index contributed by atoms with van der Waals surface area (Å²) in [5, 5.41) is 2.30. The van der Waals surface area contributed by atoms with E-state index in [-0.39, 0.29) is 0 Å². The molecule has 8 aromatic carbocycles. The molecular formula is C51H32N2O. The van der Waals surface area contributed by atoms with E-state index in [4.69, 9.17) is 14.7 Å². The van der Waals surface area contributed by atoms with Gasteiger partial charge in [0.2, 0.25) is 0 Å². The second-order valence-corrected chi connectivity index (χ2v) is 14.1. The van der Waals surface area contributed by atoms with E-state index in [0.29, 0.717) is 5.82 Å². The fourth-order valence-electron chi connectivity index (χ4n) is 8.79. The van der Waals surface area contributed by atoms with Crippen LogP contribution in [0.4, 0.5) is 0 Å². The van der Waals surface area contributed by atoms with Gasteiger partial charge >= 0.3 is 0 Å². The van der Waals surface area contributed by atoms with E-state index in [0.717, 1.165) is 50.5 Å². The predicted molar refractivity (Wildman–Crippen MR) is 219 cm³/mol. The molecule has 0 amide bonds. The Hall–Kier alpha value is -7.10. The van der Waals surface area contributed by atoms with E-state index in [9.17, 15) is 0 Å². The minimum absolute atomic E-state index is 0.453. The molecule has 0 N–H and O–H groups in total. The average Bonchev–Trinajstić information content (AvgIpc) is 3.55. The van der Waals surface area contributed by atoms with Crippen LogP contribution in [0.1, 0.15) is 22.3 Å². The molecule has 0 radical (unpaired) electrons. The molecule has 252 valence electrons. The van der Waals surface area contributed by atoms with Crippen molar-refractivity contribution in [3.63, 3.8) is 0 Å². The van der Waals surface area contributed by atoms with E-state index in [1.165, 1.54) is 44.3 Å². The van der Waals surface area contributed by atoms with E-state index in [1.807, 2.05) is 24.3 Å². The number of aromatic nitrogens is 2. The zero-order chi connectivity index (χ0) is 35.6. The van der Waals surface area contributed by atoms with Gasteiger partial charge in [-0.05, 0) is 80.7 Å². The molecule has 1 aromatic heterocycles. The Morgan fingerprint density at radius 2 is 0.944 bits per heavy atom. The van der Waals surface area contributed by atoms with Crippen LogP contribution in [0.3, 0.4) is 0 Å². The first kappa shape index (κ1) is 30.5. The van der Waals surface area contributed by atoms with Crippen molar-refractivity contribution >= 4 is 10.8 Å². The molecule has 0 spiro atoms. The average molecular weight is 689 g/mol. The smallest absolute Gasteiger partial charge is 0.160 e. The Balaban J connectivity index is 1.11. The molecule has 0 unspecified atom stereocenters. The fourth-order valence-corrected chi connectivity index (χ4v) is 8.79. The first-order chi connectivity index (χ1) is 26.8. The zero-order valence-electron chi connectivity index (χ0n) is 29.3. The lowest BCUT2D eigenvalue weighted by Crippen LogP contribution is -2.28. The summed E-state index contributed by atoms with van der Waals surface area (Å²) in [7, 11) is 0. The summed E-state index contributed by atoms with van der Waals surface area (Å²) < 4.78 is 6.45. The lowest BCUT2D eigenvalue weighted by Gasteiger charge is -2.33. The van der Waals surface area contributed by atoms with E-state index < -0.39 is 5.41 Å². The summed E-state index contributed by atoms with van der Waals surface area (Å²) in [6.45, 7) is 0. The highest BCUT2D eigenvalue weighted by Crippen LogP contribution is 2.56. The van der Waals surface area contributed by atoms with Crippen molar-refractivity contribution < 1.29 is 4.74 Å². The van der Waals surface area contributed by atoms with Crippen molar-refractivity contribution in [2.75, 3.05) is 0 Å². The molecule has 0 bridgehead atoms. The second-order valence-electron chi connectivity index (χ2n) is 14.1. The second kappa shape index (κ2) is 12.0. The molecule has 3 heteroatoms. The molecule has 0 fully saturated rings. The van der Waals surface area contributed by atoms with Crippen LogP contribution < -0.4 is 4.74 Å². The summed E-state index contributed by atoms with van der Waals surface area (Å²) in [4.78, 5) is 10.4. The third-order valence-electron chi connectivity index (χ3n) is 11.2. The van der Waals surface area contributed by atoms with Gasteiger partial charge in [0.05, 0.1) is 16.8 Å². The molecular weight excluding hydrogens is 657 g/mol. The van der Waals surface area contributed by atoms with Gasteiger partial charge in [0.15, 0.2) is 5.82 Å². The Morgan fingerprint density at radius 1 is 0.370 bits per heavy atom. The molecule has 54 heavy (non-hydrogen) atoms. The van der Waals surface area contributed by atoms with Crippen LogP contribution in [0.5, 0.6) is 11.5 Å². The Bertz CT molecular complexity index is 2860. The number of rotatable bonds is 5. The standard InChI is InChI=1S/C51H32N2O/c1-4-14-34(15-5-1)50-52-45(32-46(53-50)36-27-29-47-42(31-36)40-23-12-16-33-17-13-25-48(54-47)49(33)40)35-26-28-44-41(30-35)39-22-10-11-24-43(39)51(44,37-18-6-2-7-19-37)38-20-8-3-9-21-38/h1-32H. The van der Waals surface area contributed by atoms with Gasteiger partial charge in [-0.3, -0.25) is 0 Å². The minimum Gasteiger partial charge on any atom is -0.456 e. The summed E-state index contributed by atoms with van der Waals surface area (Å²) in [5.41, 5.74) is 14.0. The topological polar surface area (TPSA) is 35.0 Å². The highest BCUT2D eigenvalue weighted by Gasteiger charge is 2.46. The van der Waals surface area contributed by atoms with Gasteiger partial charge in [0, 0.05) is 27.6 Å². The zero-order valence-corrected chi connectivity index (χ0v) is 29.3. The number of ether oxygens (including phenoxy) is 1. The number of hydrogen-bond acceptors (Lipinski definition) is 3. The van der Waals surface area contributed by atoms with Crippen molar-refractivity contribution in [2.45, 2.75) is 5.41 Å². The maximum Gasteiger partial charge on any atom is 0.160 e. The summed E-state index contributed by atoms with van der Waals surface area (Å²) >= 11 is 0. The van der Waals surface area contributed by atoms with Crippen LogP contribution >= 0.6 is 0 Å². The largest absolute Gasteiger partial charge is 0.456 e. The van der Waals surface area contributed by atoms with Crippen LogP contribution in [-0.4, -0.2) is 9.97 Å². The van der Waals surface area contributed by atoms with Gasteiger partial charge in [-0.15, -0.1) is 0 Å². The molecule has 2 heterocycles. The van der Waals surface area contributed by atoms with Crippen LogP contribution in [0.25, 0.3) is 66.9 Å². The third-order valence-corrected chi connectivity index (χ3v) is 11.2. The van der Waals surface area contributed by atoms with Crippen LogP contribution in [0.2, 0.25) is 0 Å². The first-order valence-electron chi connectivity index (χ1n) is 18.4. The van der Waals surface area contributed by atoms with Gasteiger partial charge in [-0.2, -0.15) is 0 Å². The van der Waals surface area contributed by atoms with Crippen molar-refractivity contribution in [3.05, 3.63) is 216 Å². The quantitative estimate of drug-likeness (QED) is 0.181. The van der Waals surface area contributed by atoms with E-state index in [1.54, 1.807) is 0 Å². The van der Waals surface area contributed by atoms with Gasteiger partial charge < -0.3 is 4.74 Å². The van der Waals surface area contributed by atoms with Crippen molar-refractivity contribution in [2.24, 2.45) is 0 Å². The molecule has 2 aliphatic rings. The van der Waals surface area contributed by atoms with Crippen LogP contribution in [-0.2, 0) is 5.41 Å². The number of hydrogen-bond donors (Lipinski definition) is 0. The number of fused-ring (bicyclic) bond motifs is 5. The number of benzene rings is 8. The minimum atomic E-state index is -0.453. The van der Waals surface area contributed by atoms with Gasteiger partial charge in [0.1, 0.15) is 11.5 Å². The summed E-state index contributed by atoms with van der Waals surface area (Å²) in [6.07, 6.45) is 0.